The molecule has 1 aromatic carbocycles. The normalized spacial score (nSPS) is 25.4. The first-order valence-electron chi connectivity index (χ1n) is 7.38. The second-order valence-corrected chi connectivity index (χ2v) is 5.90. The minimum Gasteiger partial charge on any atom is -0.478 e. The van der Waals surface area contributed by atoms with Gasteiger partial charge in [0.15, 0.2) is 0 Å². The summed E-state index contributed by atoms with van der Waals surface area (Å²) in [5, 5.41) is 9.47. The molecule has 2 rings (SSSR count). The quantitative estimate of drug-likeness (QED) is 0.867. The van der Waals surface area contributed by atoms with Crippen molar-refractivity contribution < 1.29 is 19.4 Å². The van der Waals surface area contributed by atoms with E-state index in [2.05, 4.69) is 6.92 Å². The molecular formula is C17H22O4. The summed E-state index contributed by atoms with van der Waals surface area (Å²) in [6, 6.07) is 5.29. The van der Waals surface area contributed by atoms with Crippen molar-refractivity contribution in [1.82, 2.24) is 0 Å². The third-order valence-corrected chi connectivity index (χ3v) is 4.61. The van der Waals surface area contributed by atoms with Crippen LogP contribution in [0.4, 0.5) is 0 Å². The number of esters is 1. The zero-order valence-electron chi connectivity index (χ0n) is 12.8. The lowest BCUT2D eigenvalue weighted by Crippen LogP contribution is -2.33. The number of ether oxygens (including phenoxy) is 1. The number of carboxylic acid groups (broad SMARTS) is 1. The molecular weight excluding hydrogens is 268 g/mol. The fraction of sp³-hybridized carbons (Fsp3) is 0.529. The molecule has 0 aliphatic heterocycles. The highest BCUT2D eigenvalue weighted by molar-refractivity contribution is 5.90. The Hall–Kier alpha value is -1.84. The van der Waals surface area contributed by atoms with Crippen molar-refractivity contribution in [3.05, 3.63) is 34.9 Å². The van der Waals surface area contributed by atoms with Gasteiger partial charge < -0.3 is 9.84 Å². The number of carbonyl (C=O) groups excluding carboxylic acids is 1. The molecule has 3 atom stereocenters. The summed E-state index contributed by atoms with van der Waals surface area (Å²) in [4.78, 5) is 23.7. The van der Waals surface area contributed by atoms with Crippen molar-refractivity contribution in [1.29, 1.82) is 0 Å². The molecule has 0 heterocycles. The second kappa shape index (κ2) is 6.29. The van der Waals surface area contributed by atoms with Gasteiger partial charge >= 0.3 is 11.9 Å². The van der Waals surface area contributed by atoms with E-state index in [-0.39, 0.29) is 23.7 Å². The fourth-order valence-electron chi connectivity index (χ4n) is 3.63. The molecule has 0 spiro atoms. The number of hydrogen-bond donors (Lipinski definition) is 1. The van der Waals surface area contributed by atoms with Crippen molar-refractivity contribution in [3.63, 3.8) is 0 Å². The van der Waals surface area contributed by atoms with Gasteiger partial charge in [-0.3, -0.25) is 4.79 Å². The SMILES string of the molecule is COC(=O)C1CCCC(C)C1c1c(C)cccc1C(=O)O. The average molecular weight is 290 g/mol. The minimum atomic E-state index is -0.935. The van der Waals surface area contributed by atoms with Crippen LogP contribution in [0.1, 0.15) is 53.6 Å². The molecule has 1 aliphatic rings. The highest BCUT2D eigenvalue weighted by Crippen LogP contribution is 2.44. The summed E-state index contributed by atoms with van der Waals surface area (Å²) >= 11 is 0. The molecule has 21 heavy (non-hydrogen) atoms. The first-order valence-corrected chi connectivity index (χ1v) is 7.38. The van der Waals surface area contributed by atoms with Crippen LogP contribution in [0.3, 0.4) is 0 Å². The predicted molar refractivity (Wildman–Crippen MR) is 79.4 cm³/mol. The number of aryl methyl sites for hydroxylation is 1. The maximum Gasteiger partial charge on any atom is 0.335 e. The van der Waals surface area contributed by atoms with Gasteiger partial charge in [0.2, 0.25) is 0 Å². The number of methoxy groups -OCH3 is 1. The monoisotopic (exact) mass is 290 g/mol. The van der Waals surface area contributed by atoms with Gasteiger partial charge in [0.1, 0.15) is 0 Å². The van der Waals surface area contributed by atoms with E-state index in [1.807, 2.05) is 13.0 Å². The largest absolute Gasteiger partial charge is 0.478 e. The zero-order valence-corrected chi connectivity index (χ0v) is 12.8. The van der Waals surface area contributed by atoms with Crippen LogP contribution in [-0.4, -0.2) is 24.2 Å². The maximum atomic E-state index is 12.1. The molecule has 0 aromatic heterocycles. The van der Waals surface area contributed by atoms with E-state index in [0.717, 1.165) is 30.4 Å². The Morgan fingerprint density at radius 3 is 2.62 bits per heavy atom. The number of carbonyl (C=O) groups is 2. The fourth-order valence-corrected chi connectivity index (χ4v) is 3.63. The Bertz CT molecular complexity index is 550. The molecule has 0 amide bonds. The molecule has 0 radical (unpaired) electrons. The van der Waals surface area contributed by atoms with Crippen molar-refractivity contribution in [2.45, 2.75) is 39.0 Å². The third kappa shape index (κ3) is 2.94. The molecule has 4 heteroatoms. The summed E-state index contributed by atoms with van der Waals surface area (Å²) in [7, 11) is 1.40. The van der Waals surface area contributed by atoms with E-state index in [0.29, 0.717) is 5.56 Å². The smallest absolute Gasteiger partial charge is 0.335 e. The third-order valence-electron chi connectivity index (χ3n) is 4.61. The maximum absolute atomic E-state index is 12.1. The van der Waals surface area contributed by atoms with E-state index >= 15 is 0 Å². The molecule has 114 valence electrons. The molecule has 3 unspecified atom stereocenters. The van der Waals surface area contributed by atoms with Crippen LogP contribution in [-0.2, 0) is 9.53 Å². The van der Waals surface area contributed by atoms with Crippen LogP contribution in [0.2, 0.25) is 0 Å². The predicted octanol–water partition coefficient (Wildman–Crippen LogP) is 3.39. The zero-order chi connectivity index (χ0) is 15.6. The summed E-state index contributed by atoms with van der Waals surface area (Å²) in [6.07, 6.45) is 2.74. The van der Waals surface area contributed by atoms with Crippen molar-refractivity contribution in [2.24, 2.45) is 11.8 Å². The molecule has 1 saturated carbocycles. The van der Waals surface area contributed by atoms with E-state index in [4.69, 9.17) is 4.74 Å². The molecule has 4 nitrogen and oxygen atoms in total. The second-order valence-electron chi connectivity index (χ2n) is 5.90. The first kappa shape index (κ1) is 15.5. The van der Waals surface area contributed by atoms with Gasteiger partial charge in [0.25, 0.3) is 0 Å². The first-order chi connectivity index (χ1) is 9.97. The van der Waals surface area contributed by atoms with Crippen LogP contribution in [0.5, 0.6) is 0 Å². The lowest BCUT2D eigenvalue weighted by atomic mass is 9.67. The summed E-state index contributed by atoms with van der Waals surface area (Å²) in [5.41, 5.74) is 2.04. The lowest BCUT2D eigenvalue weighted by Gasteiger charge is -2.36. The van der Waals surface area contributed by atoms with Crippen LogP contribution < -0.4 is 0 Å². The van der Waals surface area contributed by atoms with E-state index in [9.17, 15) is 14.7 Å². The van der Waals surface area contributed by atoms with Gasteiger partial charge in [-0.2, -0.15) is 0 Å². The topological polar surface area (TPSA) is 63.6 Å². The molecule has 1 aromatic rings. The molecule has 1 fully saturated rings. The highest BCUT2D eigenvalue weighted by atomic mass is 16.5. The Labute approximate surface area is 125 Å². The van der Waals surface area contributed by atoms with E-state index < -0.39 is 5.97 Å². The summed E-state index contributed by atoms with van der Waals surface area (Å²) in [6.45, 7) is 4.01. The van der Waals surface area contributed by atoms with Gasteiger partial charge in [-0.25, -0.2) is 4.79 Å². The van der Waals surface area contributed by atoms with E-state index in [1.165, 1.54) is 7.11 Å². The summed E-state index contributed by atoms with van der Waals surface area (Å²) in [5.74, 6) is -1.24. The van der Waals surface area contributed by atoms with Crippen molar-refractivity contribution in [3.8, 4) is 0 Å². The van der Waals surface area contributed by atoms with E-state index in [1.54, 1.807) is 12.1 Å². The summed E-state index contributed by atoms with van der Waals surface area (Å²) < 4.78 is 4.94. The van der Waals surface area contributed by atoms with Crippen molar-refractivity contribution >= 4 is 11.9 Å². The molecule has 0 bridgehead atoms. The van der Waals surface area contributed by atoms with Gasteiger partial charge in [-0.15, -0.1) is 0 Å². The van der Waals surface area contributed by atoms with Crippen LogP contribution in [0.25, 0.3) is 0 Å². The Kier molecular flexibility index (Phi) is 4.66. The van der Waals surface area contributed by atoms with Crippen LogP contribution >= 0.6 is 0 Å². The standard InChI is InChI=1S/C17H22O4/c1-10-6-4-8-12(16(18)19)14(10)15-11(2)7-5-9-13(15)17(20)21-3/h4,6,8,11,13,15H,5,7,9H2,1-3H3,(H,18,19). The van der Waals surface area contributed by atoms with Gasteiger partial charge in [0, 0.05) is 5.92 Å². The Morgan fingerprint density at radius 1 is 1.29 bits per heavy atom. The number of aromatic carboxylic acids is 1. The molecule has 0 saturated heterocycles. The van der Waals surface area contributed by atoms with Crippen LogP contribution in [0, 0.1) is 18.8 Å². The number of hydrogen-bond acceptors (Lipinski definition) is 3. The van der Waals surface area contributed by atoms with Gasteiger partial charge in [-0.1, -0.05) is 31.9 Å². The minimum absolute atomic E-state index is 0.0847. The number of rotatable bonds is 3. The average Bonchev–Trinajstić information content (AvgIpc) is 2.46. The van der Waals surface area contributed by atoms with Gasteiger partial charge in [0.05, 0.1) is 18.6 Å². The van der Waals surface area contributed by atoms with Gasteiger partial charge in [-0.05, 0) is 36.5 Å². The number of carboxylic acids is 1. The highest BCUT2D eigenvalue weighted by Gasteiger charge is 2.39. The lowest BCUT2D eigenvalue weighted by molar-refractivity contribution is -0.148. The van der Waals surface area contributed by atoms with Crippen molar-refractivity contribution in [2.75, 3.05) is 7.11 Å². The molecule has 1 aliphatic carbocycles. The number of benzene rings is 1. The Morgan fingerprint density at radius 2 is 2.00 bits per heavy atom. The van der Waals surface area contributed by atoms with Crippen LogP contribution in [0.15, 0.2) is 18.2 Å². The Balaban J connectivity index is 2.55. The molecule has 1 N–H and O–H groups in total.